The topological polar surface area (TPSA) is 49.6 Å². The molecule has 1 N–H and O–H groups in total. The van der Waals surface area contributed by atoms with Crippen molar-refractivity contribution in [2.75, 3.05) is 27.2 Å². The summed E-state index contributed by atoms with van der Waals surface area (Å²) in [7, 11) is 3.95. The van der Waals surface area contributed by atoms with Crippen molar-refractivity contribution in [3.63, 3.8) is 0 Å². The number of amides is 1. The third-order valence-electron chi connectivity index (χ3n) is 2.51. The highest BCUT2D eigenvalue weighted by molar-refractivity contribution is 5.99. The van der Waals surface area contributed by atoms with E-state index in [0.717, 1.165) is 6.54 Å². The lowest BCUT2D eigenvalue weighted by atomic mass is 10.2. The van der Waals surface area contributed by atoms with Crippen LogP contribution >= 0.6 is 0 Å². The smallest absolute Gasteiger partial charge is 0.255 e. The highest BCUT2D eigenvalue weighted by Gasteiger charge is 2.10. The molecule has 0 saturated carbocycles. The average molecular weight is 232 g/mol. The summed E-state index contributed by atoms with van der Waals surface area (Å²) in [5.74, 6) is -0.0800. The van der Waals surface area contributed by atoms with Gasteiger partial charge >= 0.3 is 0 Å². The van der Waals surface area contributed by atoms with Gasteiger partial charge in [-0.3, -0.25) is 4.79 Å². The molecule has 17 heavy (non-hydrogen) atoms. The van der Waals surface area contributed by atoms with Gasteiger partial charge in [0.2, 0.25) is 0 Å². The number of pyridine rings is 1. The maximum Gasteiger partial charge on any atom is 0.255 e. The van der Waals surface area contributed by atoms with E-state index >= 15 is 0 Å². The number of fused-ring (bicyclic) bond motifs is 1. The maximum atomic E-state index is 12.0. The minimum absolute atomic E-state index is 0.0800. The van der Waals surface area contributed by atoms with Gasteiger partial charge in [0.25, 0.3) is 5.91 Å². The van der Waals surface area contributed by atoms with Gasteiger partial charge in [-0.2, -0.15) is 0 Å². The molecule has 0 unspecified atom stereocenters. The Hall–Kier alpha value is -1.88. The average Bonchev–Trinajstić information content (AvgIpc) is 2.75. The third-order valence-corrected chi connectivity index (χ3v) is 2.51. The van der Waals surface area contributed by atoms with Crippen molar-refractivity contribution < 1.29 is 4.79 Å². The van der Waals surface area contributed by atoms with E-state index in [1.165, 1.54) is 0 Å². The van der Waals surface area contributed by atoms with Gasteiger partial charge in [-0.25, -0.2) is 4.98 Å². The van der Waals surface area contributed by atoms with E-state index in [4.69, 9.17) is 0 Å². The van der Waals surface area contributed by atoms with Gasteiger partial charge in [-0.1, -0.05) is 0 Å². The van der Waals surface area contributed by atoms with Gasteiger partial charge in [-0.15, -0.1) is 0 Å². The standard InChI is InChI=1S/C12H16N4O/c1-15(2)8-5-14-12(17)10-4-3-7-16-9-6-13-11(10)16/h3-4,6-7,9H,5,8H2,1-2H3,(H,14,17). The van der Waals surface area contributed by atoms with E-state index in [1.807, 2.05) is 41.9 Å². The van der Waals surface area contributed by atoms with Crippen molar-refractivity contribution in [3.8, 4) is 0 Å². The summed E-state index contributed by atoms with van der Waals surface area (Å²) < 4.78 is 1.83. The van der Waals surface area contributed by atoms with Crippen LogP contribution in [-0.2, 0) is 0 Å². The van der Waals surface area contributed by atoms with Crippen molar-refractivity contribution in [2.24, 2.45) is 0 Å². The lowest BCUT2D eigenvalue weighted by Gasteiger charge is -2.10. The molecule has 0 bridgehead atoms. The predicted octanol–water partition coefficient (Wildman–Crippen LogP) is 0.626. The molecule has 0 aliphatic carbocycles. The van der Waals surface area contributed by atoms with E-state index in [1.54, 1.807) is 12.3 Å². The molecule has 5 heteroatoms. The van der Waals surface area contributed by atoms with Crippen LogP contribution in [0.5, 0.6) is 0 Å². The Morgan fingerprint density at radius 1 is 1.47 bits per heavy atom. The molecule has 90 valence electrons. The van der Waals surface area contributed by atoms with Crippen molar-refractivity contribution in [3.05, 3.63) is 36.3 Å². The van der Waals surface area contributed by atoms with Gasteiger partial charge < -0.3 is 14.6 Å². The zero-order valence-corrected chi connectivity index (χ0v) is 10.1. The summed E-state index contributed by atoms with van der Waals surface area (Å²) in [6.45, 7) is 1.46. The molecule has 5 nitrogen and oxygen atoms in total. The summed E-state index contributed by atoms with van der Waals surface area (Å²) >= 11 is 0. The Labute approximate surface area is 100 Å². The summed E-state index contributed by atoms with van der Waals surface area (Å²) in [5, 5.41) is 2.88. The Bertz CT molecular complexity index is 518. The summed E-state index contributed by atoms with van der Waals surface area (Å²) in [4.78, 5) is 18.2. The van der Waals surface area contributed by atoms with E-state index in [9.17, 15) is 4.79 Å². The quantitative estimate of drug-likeness (QED) is 0.841. The summed E-state index contributed by atoms with van der Waals surface area (Å²) in [6, 6.07) is 3.63. The Kier molecular flexibility index (Phi) is 3.39. The molecule has 2 heterocycles. The van der Waals surface area contributed by atoms with Crippen LogP contribution in [0.2, 0.25) is 0 Å². The predicted molar refractivity (Wildman–Crippen MR) is 66.1 cm³/mol. The second kappa shape index (κ2) is 4.97. The number of carbonyl (C=O) groups is 1. The van der Waals surface area contributed by atoms with Crippen molar-refractivity contribution in [1.82, 2.24) is 19.6 Å². The van der Waals surface area contributed by atoms with Gasteiger partial charge in [0.15, 0.2) is 0 Å². The monoisotopic (exact) mass is 232 g/mol. The minimum Gasteiger partial charge on any atom is -0.351 e. The van der Waals surface area contributed by atoms with Crippen molar-refractivity contribution in [1.29, 1.82) is 0 Å². The van der Waals surface area contributed by atoms with E-state index in [-0.39, 0.29) is 5.91 Å². The van der Waals surface area contributed by atoms with Crippen LogP contribution in [0.1, 0.15) is 10.4 Å². The number of likely N-dealkylation sites (N-methyl/N-ethyl adjacent to an activating group) is 1. The van der Waals surface area contributed by atoms with Crippen LogP contribution in [0.15, 0.2) is 30.7 Å². The zero-order chi connectivity index (χ0) is 12.3. The number of aromatic nitrogens is 2. The molecule has 0 spiro atoms. The highest BCUT2D eigenvalue weighted by Crippen LogP contribution is 2.07. The molecule has 0 fully saturated rings. The molecule has 0 radical (unpaired) electrons. The highest BCUT2D eigenvalue weighted by atomic mass is 16.1. The van der Waals surface area contributed by atoms with Crippen LogP contribution in [0.4, 0.5) is 0 Å². The number of carbonyl (C=O) groups excluding carboxylic acids is 1. The molecule has 0 aliphatic heterocycles. The maximum absolute atomic E-state index is 12.0. The lowest BCUT2D eigenvalue weighted by molar-refractivity contribution is 0.0952. The molecule has 0 aliphatic rings. The van der Waals surface area contributed by atoms with Gasteiger partial charge in [-0.05, 0) is 26.2 Å². The van der Waals surface area contributed by atoms with Gasteiger partial charge in [0, 0.05) is 31.7 Å². The summed E-state index contributed by atoms with van der Waals surface area (Å²) in [6.07, 6.45) is 5.39. The van der Waals surface area contributed by atoms with E-state index in [2.05, 4.69) is 10.3 Å². The number of nitrogens with zero attached hydrogens (tertiary/aromatic N) is 3. The first-order valence-electron chi connectivity index (χ1n) is 5.53. The second-order valence-corrected chi connectivity index (χ2v) is 4.14. The largest absolute Gasteiger partial charge is 0.351 e. The van der Waals surface area contributed by atoms with E-state index < -0.39 is 0 Å². The summed E-state index contributed by atoms with van der Waals surface area (Å²) in [5.41, 5.74) is 1.30. The van der Waals surface area contributed by atoms with Crippen LogP contribution < -0.4 is 5.32 Å². The molecule has 0 atom stereocenters. The zero-order valence-electron chi connectivity index (χ0n) is 10.1. The van der Waals surface area contributed by atoms with Gasteiger partial charge in [0.05, 0.1) is 5.56 Å². The van der Waals surface area contributed by atoms with Gasteiger partial charge in [0.1, 0.15) is 5.65 Å². The van der Waals surface area contributed by atoms with Crippen molar-refractivity contribution >= 4 is 11.6 Å². The van der Waals surface area contributed by atoms with Crippen molar-refractivity contribution in [2.45, 2.75) is 0 Å². The first-order valence-corrected chi connectivity index (χ1v) is 5.53. The lowest BCUT2D eigenvalue weighted by Crippen LogP contribution is -2.31. The van der Waals surface area contributed by atoms with E-state index in [0.29, 0.717) is 17.8 Å². The Balaban J connectivity index is 2.11. The number of nitrogens with one attached hydrogen (secondary N) is 1. The minimum atomic E-state index is -0.0800. The van der Waals surface area contributed by atoms with Crippen LogP contribution in [0.3, 0.4) is 0 Å². The third kappa shape index (κ3) is 2.62. The molecule has 1 amide bonds. The number of rotatable bonds is 4. The molecule has 0 aromatic carbocycles. The molecular formula is C12H16N4O. The molecule has 2 aromatic rings. The first-order chi connectivity index (χ1) is 8.18. The molecular weight excluding hydrogens is 216 g/mol. The van der Waals surface area contributed by atoms with Crippen LogP contribution in [0, 0.1) is 0 Å². The molecule has 2 aromatic heterocycles. The SMILES string of the molecule is CN(C)CCNC(=O)c1cccn2ccnc12. The number of imidazole rings is 1. The fraction of sp³-hybridized carbons (Fsp3) is 0.333. The fourth-order valence-electron chi connectivity index (χ4n) is 1.61. The Morgan fingerprint density at radius 3 is 3.06 bits per heavy atom. The molecule has 2 rings (SSSR count). The van der Waals surface area contributed by atoms with Crippen LogP contribution in [0.25, 0.3) is 5.65 Å². The van der Waals surface area contributed by atoms with Crippen LogP contribution in [-0.4, -0.2) is 47.4 Å². The molecule has 0 saturated heterocycles. The number of hydrogen-bond donors (Lipinski definition) is 1. The number of hydrogen-bond acceptors (Lipinski definition) is 3. The first kappa shape index (κ1) is 11.6. The fourth-order valence-corrected chi connectivity index (χ4v) is 1.61. The Morgan fingerprint density at radius 2 is 2.29 bits per heavy atom. The normalized spacial score (nSPS) is 11.0. The second-order valence-electron chi connectivity index (χ2n) is 4.14.